The lowest BCUT2D eigenvalue weighted by molar-refractivity contribution is -0.387. The third kappa shape index (κ3) is 4.36. The number of nitro benzene ring substituents is 1. The molecule has 6 heteroatoms. The van der Waals surface area contributed by atoms with Crippen LogP contribution in [0.4, 0.5) is 10.1 Å². The highest BCUT2D eigenvalue weighted by Gasteiger charge is 2.14. The minimum atomic E-state index is -0.851. The van der Waals surface area contributed by atoms with Gasteiger partial charge in [0, 0.05) is 6.54 Å². The Hall–Kier alpha value is -1.69. The summed E-state index contributed by atoms with van der Waals surface area (Å²) >= 11 is 0. The van der Waals surface area contributed by atoms with Crippen LogP contribution < -0.4 is 4.74 Å². The van der Waals surface area contributed by atoms with E-state index in [9.17, 15) is 14.5 Å². The Balaban J connectivity index is 2.54. The molecule has 5 nitrogen and oxygen atoms in total. The Bertz CT molecular complexity index is 396. The summed E-state index contributed by atoms with van der Waals surface area (Å²) in [7, 11) is 3.89. The van der Waals surface area contributed by atoms with E-state index in [-0.39, 0.29) is 0 Å². The van der Waals surface area contributed by atoms with Crippen molar-refractivity contribution in [2.75, 3.05) is 27.2 Å². The Labute approximate surface area is 98.9 Å². The van der Waals surface area contributed by atoms with E-state index in [0.717, 1.165) is 25.1 Å². The monoisotopic (exact) mass is 242 g/mol. The summed E-state index contributed by atoms with van der Waals surface area (Å²) in [6, 6.07) is 3.53. The fourth-order valence-electron chi connectivity index (χ4n) is 1.29. The summed E-state index contributed by atoms with van der Waals surface area (Å²) in [5.74, 6) is -0.535. The van der Waals surface area contributed by atoms with Gasteiger partial charge in [0.15, 0.2) is 0 Å². The fourth-order valence-corrected chi connectivity index (χ4v) is 1.29. The van der Waals surface area contributed by atoms with Gasteiger partial charge in [-0.25, -0.2) is 0 Å². The van der Waals surface area contributed by atoms with Crippen LogP contribution in [-0.4, -0.2) is 37.1 Å². The smallest absolute Gasteiger partial charge is 0.308 e. The SMILES string of the molecule is CN(C)CCCOc1ccc(F)c([N+](=O)[O-])c1. The second-order valence-corrected chi connectivity index (χ2v) is 3.88. The van der Waals surface area contributed by atoms with Gasteiger partial charge in [0.05, 0.1) is 17.6 Å². The molecule has 0 aliphatic carbocycles. The third-order valence-corrected chi connectivity index (χ3v) is 2.13. The number of ether oxygens (including phenoxy) is 1. The van der Waals surface area contributed by atoms with Crippen molar-refractivity contribution in [2.24, 2.45) is 0 Å². The lowest BCUT2D eigenvalue weighted by Gasteiger charge is -2.10. The molecule has 0 fully saturated rings. The molecule has 0 aliphatic heterocycles. The zero-order valence-corrected chi connectivity index (χ0v) is 9.85. The van der Waals surface area contributed by atoms with Gasteiger partial charge in [-0.2, -0.15) is 4.39 Å². The highest BCUT2D eigenvalue weighted by atomic mass is 19.1. The Morgan fingerprint density at radius 1 is 1.47 bits per heavy atom. The summed E-state index contributed by atoms with van der Waals surface area (Å²) in [6.45, 7) is 1.31. The predicted molar refractivity (Wildman–Crippen MR) is 61.7 cm³/mol. The van der Waals surface area contributed by atoms with Crippen LogP contribution in [0.5, 0.6) is 5.75 Å². The summed E-state index contributed by atoms with van der Waals surface area (Å²) in [4.78, 5) is 11.7. The quantitative estimate of drug-likeness (QED) is 0.435. The molecule has 0 saturated carbocycles. The predicted octanol–water partition coefficient (Wildman–Crippen LogP) is 2.06. The molecule has 1 aromatic carbocycles. The molecule has 1 rings (SSSR count). The maximum atomic E-state index is 13.0. The molecule has 0 N–H and O–H groups in total. The molecule has 17 heavy (non-hydrogen) atoms. The van der Waals surface area contributed by atoms with Gasteiger partial charge >= 0.3 is 5.69 Å². The molecule has 0 aromatic heterocycles. The largest absolute Gasteiger partial charge is 0.493 e. The first-order valence-corrected chi connectivity index (χ1v) is 5.22. The van der Waals surface area contributed by atoms with Crippen LogP contribution in [0.1, 0.15) is 6.42 Å². The first kappa shape index (κ1) is 13.4. The van der Waals surface area contributed by atoms with E-state index >= 15 is 0 Å². The van der Waals surface area contributed by atoms with E-state index in [1.54, 1.807) is 0 Å². The third-order valence-electron chi connectivity index (χ3n) is 2.13. The Kier molecular flexibility index (Phi) is 4.84. The number of hydrogen-bond donors (Lipinski definition) is 0. The second kappa shape index (κ2) is 6.15. The highest BCUT2D eigenvalue weighted by molar-refractivity contribution is 5.39. The molecule has 0 amide bonds. The standard InChI is InChI=1S/C11H15FN2O3/c1-13(2)6-3-7-17-9-4-5-10(12)11(8-9)14(15)16/h4-5,8H,3,6-7H2,1-2H3. The maximum absolute atomic E-state index is 13.0. The molecule has 0 spiro atoms. The molecule has 0 heterocycles. The van der Waals surface area contributed by atoms with Crippen molar-refractivity contribution in [3.8, 4) is 5.75 Å². The van der Waals surface area contributed by atoms with Crippen LogP contribution in [0.3, 0.4) is 0 Å². The van der Waals surface area contributed by atoms with Crippen LogP contribution in [-0.2, 0) is 0 Å². The van der Waals surface area contributed by atoms with Gasteiger partial charge < -0.3 is 9.64 Å². The van der Waals surface area contributed by atoms with Crippen LogP contribution in [0.25, 0.3) is 0 Å². The second-order valence-electron chi connectivity index (χ2n) is 3.88. The van der Waals surface area contributed by atoms with Gasteiger partial charge in [-0.15, -0.1) is 0 Å². The number of hydrogen-bond acceptors (Lipinski definition) is 4. The molecule has 0 saturated heterocycles. The van der Waals surface area contributed by atoms with E-state index in [1.807, 2.05) is 19.0 Å². The molecular weight excluding hydrogens is 227 g/mol. The van der Waals surface area contributed by atoms with E-state index in [4.69, 9.17) is 4.74 Å². The average molecular weight is 242 g/mol. The van der Waals surface area contributed by atoms with E-state index in [2.05, 4.69) is 0 Å². The van der Waals surface area contributed by atoms with Crippen molar-refractivity contribution >= 4 is 5.69 Å². The molecule has 0 aliphatic rings. The van der Waals surface area contributed by atoms with Crippen molar-refractivity contribution < 1.29 is 14.1 Å². The molecule has 1 aromatic rings. The average Bonchev–Trinajstić information content (AvgIpc) is 2.25. The summed E-state index contributed by atoms with van der Waals surface area (Å²) in [5, 5.41) is 10.5. The molecule has 0 unspecified atom stereocenters. The van der Waals surface area contributed by atoms with Crippen LogP contribution in [0.15, 0.2) is 18.2 Å². The molecule has 0 atom stereocenters. The van der Waals surface area contributed by atoms with Gasteiger partial charge in [-0.05, 0) is 32.6 Å². The van der Waals surface area contributed by atoms with Crippen LogP contribution >= 0.6 is 0 Å². The van der Waals surface area contributed by atoms with Gasteiger partial charge in [-0.1, -0.05) is 0 Å². The molecule has 94 valence electrons. The number of halogens is 1. The lowest BCUT2D eigenvalue weighted by atomic mass is 10.3. The van der Waals surface area contributed by atoms with Gasteiger partial charge in [0.2, 0.25) is 5.82 Å². The first-order chi connectivity index (χ1) is 8.00. The lowest BCUT2D eigenvalue weighted by Crippen LogP contribution is -2.15. The van der Waals surface area contributed by atoms with Crippen molar-refractivity contribution in [1.82, 2.24) is 4.90 Å². The number of nitrogens with zero attached hydrogens (tertiary/aromatic N) is 2. The van der Waals surface area contributed by atoms with Gasteiger partial charge in [0.1, 0.15) is 5.75 Å². The number of benzene rings is 1. The molecule has 0 radical (unpaired) electrons. The first-order valence-electron chi connectivity index (χ1n) is 5.22. The van der Waals surface area contributed by atoms with Crippen molar-refractivity contribution in [3.63, 3.8) is 0 Å². The van der Waals surface area contributed by atoms with E-state index < -0.39 is 16.4 Å². The van der Waals surface area contributed by atoms with Crippen molar-refractivity contribution in [3.05, 3.63) is 34.1 Å². The normalized spacial score (nSPS) is 10.6. The number of rotatable bonds is 6. The number of nitro groups is 1. The Morgan fingerprint density at radius 2 is 2.18 bits per heavy atom. The van der Waals surface area contributed by atoms with Crippen molar-refractivity contribution in [1.29, 1.82) is 0 Å². The molecule has 0 bridgehead atoms. The zero-order valence-electron chi connectivity index (χ0n) is 9.85. The van der Waals surface area contributed by atoms with E-state index in [0.29, 0.717) is 12.4 Å². The van der Waals surface area contributed by atoms with Crippen LogP contribution in [0, 0.1) is 15.9 Å². The highest BCUT2D eigenvalue weighted by Crippen LogP contribution is 2.23. The summed E-state index contributed by atoms with van der Waals surface area (Å²) in [5.41, 5.74) is -0.560. The van der Waals surface area contributed by atoms with E-state index in [1.165, 1.54) is 6.07 Å². The maximum Gasteiger partial charge on any atom is 0.308 e. The minimum absolute atomic E-state index is 0.317. The summed E-state index contributed by atoms with van der Waals surface area (Å²) in [6.07, 6.45) is 0.804. The zero-order chi connectivity index (χ0) is 12.8. The Morgan fingerprint density at radius 3 is 2.76 bits per heavy atom. The van der Waals surface area contributed by atoms with Crippen LogP contribution in [0.2, 0.25) is 0 Å². The minimum Gasteiger partial charge on any atom is -0.493 e. The summed E-state index contributed by atoms with van der Waals surface area (Å²) < 4.78 is 18.3. The van der Waals surface area contributed by atoms with Crippen molar-refractivity contribution in [2.45, 2.75) is 6.42 Å². The van der Waals surface area contributed by atoms with Gasteiger partial charge in [0.25, 0.3) is 0 Å². The molecular formula is C11H15FN2O3. The topological polar surface area (TPSA) is 55.6 Å². The fraction of sp³-hybridized carbons (Fsp3) is 0.455. The van der Waals surface area contributed by atoms with Gasteiger partial charge in [-0.3, -0.25) is 10.1 Å².